The second-order valence-electron chi connectivity index (χ2n) is 8.41. The molecule has 0 atom stereocenters. The summed E-state index contributed by atoms with van der Waals surface area (Å²) in [7, 11) is 5.67. The van der Waals surface area contributed by atoms with Crippen molar-refractivity contribution in [2.45, 2.75) is 38.5 Å². The molecule has 0 aromatic heterocycles. The van der Waals surface area contributed by atoms with Gasteiger partial charge in [0.1, 0.15) is 5.82 Å². The number of hydrogen-bond donors (Lipinski definition) is 2. The average molecular weight is 574 g/mol. The van der Waals surface area contributed by atoms with Crippen LogP contribution >= 0.6 is 35.6 Å². The Bertz CT molecular complexity index is 867. The van der Waals surface area contributed by atoms with Crippen LogP contribution in [0.5, 0.6) is 0 Å². The van der Waals surface area contributed by atoms with Gasteiger partial charge in [0.25, 0.3) is 0 Å². The molecular formula is C24H34ClFIN5. The quantitative estimate of drug-likeness (QED) is 0.291. The zero-order valence-electron chi connectivity index (χ0n) is 19.1. The molecule has 2 aromatic rings. The van der Waals surface area contributed by atoms with Gasteiger partial charge in [0.05, 0.1) is 0 Å². The van der Waals surface area contributed by atoms with Crippen LogP contribution in [0.4, 0.5) is 4.39 Å². The third-order valence-corrected chi connectivity index (χ3v) is 5.78. The van der Waals surface area contributed by atoms with Crippen LogP contribution in [-0.2, 0) is 19.6 Å². The first-order valence-electron chi connectivity index (χ1n) is 10.8. The molecule has 0 unspecified atom stereocenters. The summed E-state index contributed by atoms with van der Waals surface area (Å²) in [6.45, 7) is 4.24. The Morgan fingerprint density at radius 2 is 1.78 bits per heavy atom. The summed E-state index contributed by atoms with van der Waals surface area (Å²) >= 11 is 5.98. The van der Waals surface area contributed by atoms with E-state index >= 15 is 0 Å². The molecule has 1 fully saturated rings. The van der Waals surface area contributed by atoms with E-state index in [1.807, 2.05) is 43.3 Å². The minimum atomic E-state index is -0.162. The number of nitrogens with one attached hydrogen (secondary N) is 2. The molecule has 0 radical (unpaired) electrons. The molecule has 0 amide bonds. The summed E-state index contributed by atoms with van der Waals surface area (Å²) in [5.74, 6) is 0.625. The van der Waals surface area contributed by atoms with Crippen molar-refractivity contribution < 1.29 is 4.39 Å². The third kappa shape index (κ3) is 8.50. The number of hydrogen-bond acceptors (Lipinski definition) is 3. The highest BCUT2D eigenvalue weighted by atomic mass is 127. The molecule has 176 valence electrons. The lowest BCUT2D eigenvalue weighted by Gasteiger charge is -2.33. The predicted octanol–water partition coefficient (Wildman–Crippen LogP) is 4.49. The van der Waals surface area contributed by atoms with Gasteiger partial charge in [0.2, 0.25) is 0 Å². The lowest BCUT2D eigenvalue weighted by atomic mass is 10.0. The van der Waals surface area contributed by atoms with E-state index < -0.39 is 0 Å². The highest BCUT2D eigenvalue weighted by Crippen LogP contribution is 2.16. The average Bonchev–Trinajstić information content (AvgIpc) is 2.75. The Hall–Kier alpha value is -1.42. The first-order valence-corrected chi connectivity index (χ1v) is 11.2. The van der Waals surface area contributed by atoms with Crippen LogP contribution in [-0.4, -0.2) is 56.0 Å². The second-order valence-corrected chi connectivity index (χ2v) is 8.85. The Kier molecular flexibility index (Phi) is 11.2. The Morgan fingerprint density at radius 3 is 2.41 bits per heavy atom. The van der Waals surface area contributed by atoms with Gasteiger partial charge in [-0.3, -0.25) is 9.89 Å². The van der Waals surface area contributed by atoms with Gasteiger partial charge in [-0.15, -0.1) is 24.0 Å². The maximum absolute atomic E-state index is 14.0. The van der Waals surface area contributed by atoms with Crippen molar-refractivity contribution >= 4 is 41.5 Å². The van der Waals surface area contributed by atoms with E-state index in [9.17, 15) is 4.39 Å². The van der Waals surface area contributed by atoms with Gasteiger partial charge in [-0.25, -0.2) is 4.39 Å². The molecule has 1 aliphatic rings. The Labute approximate surface area is 213 Å². The molecular weight excluding hydrogens is 540 g/mol. The Morgan fingerprint density at radius 1 is 1.12 bits per heavy atom. The minimum absolute atomic E-state index is 0. The van der Waals surface area contributed by atoms with Crippen LogP contribution in [0.3, 0.4) is 0 Å². The van der Waals surface area contributed by atoms with Gasteiger partial charge in [0, 0.05) is 56.4 Å². The highest BCUT2D eigenvalue weighted by Gasteiger charge is 2.20. The fraction of sp³-hybridized carbons (Fsp3) is 0.458. The van der Waals surface area contributed by atoms with E-state index in [2.05, 4.69) is 32.7 Å². The van der Waals surface area contributed by atoms with E-state index in [0.717, 1.165) is 49.0 Å². The van der Waals surface area contributed by atoms with Crippen molar-refractivity contribution in [3.8, 4) is 0 Å². The van der Waals surface area contributed by atoms with Gasteiger partial charge >= 0.3 is 0 Å². The molecule has 3 rings (SSSR count). The van der Waals surface area contributed by atoms with Crippen molar-refractivity contribution in [3.63, 3.8) is 0 Å². The van der Waals surface area contributed by atoms with Crippen LogP contribution < -0.4 is 10.6 Å². The molecule has 1 aliphatic heterocycles. The maximum atomic E-state index is 14.0. The monoisotopic (exact) mass is 573 g/mol. The van der Waals surface area contributed by atoms with Crippen molar-refractivity contribution in [2.24, 2.45) is 4.99 Å². The van der Waals surface area contributed by atoms with E-state index in [1.165, 1.54) is 5.56 Å². The summed E-state index contributed by atoms with van der Waals surface area (Å²) in [5, 5.41) is 7.68. The minimum Gasteiger partial charge on any atom is -0.354 e. The lowest BCUT2D eigenvalue weighted by Crippen LogP contribution is -2.48. The molecule has 0 aliphatic carbocycles. The zero-order valence-corrected chi connectivity index (χ0v) is 22.2. The fourth-order valence-electron chi connectivity index (χ4n) is 3.86. The van der Waals surface area contributed by atoms with Gasteiger partial charge in [0.15, 0.2) is 5.96 Å². The van der Waals surface area contributed by atoms with Gasteiger partial charge < -0.3 is 15.5 Å². The molecule has 0 spiro atoms. The van der Waals surface area contributed by atoms with Gasteiger partial charge in [-0.05, 0) is 62.3 Å². The lowest BCUT2D eigenvalue weighted by molar-refractivity contribution is 0.198. The maximum Gasteiger partial charge on any atom is 0.191 e. The smallest absolute Gasteiger partial charge is 0.191 e. The molecule has 2 aromatic carbocycles. The summed E-state index contributed by atoms with van der Waals surface area (Å²) in [6, 6.07) is 13.8. The van der Waals surface area contributed by atoms with Crippen molar-refractivity contribution in [3.05, 3.63) is 70.0 Å². The number of rotatable bonds is 7. The van der Waals surface area contributed by atoms with E-state index in [1.54, 1.807) is 13.1 Å². The van der Waals surface area contributed by atoms with Crippen molar-refractivity contribution in [1.29, 1.82) is 0 Å². The van der Waals surface area contributed by atoms with Crippen LogP contribution in [0.1, 0.15) is 29.5 Å². The Balaban J connectivity index is 0.00000363. The standard InChI is InChI=1S/C24H33ClFN5.HI/c1-27-24(28-15-19-6-9-23(26)20(14-19)17-30(2)3)29-22-10-12-31(13-11-22)16-18-4-7-21(25)8-5-18;/h4-9,14,22H,10-13,15-17H2,1-3H3,(H2,27,28,29);1H. The second kappa shape index (κ2) is 13.3. The molecule has 2 N–H and O–H groups in total. The van der Waals surface area contributed by atoms with E-state index in [4.69, 9.17) is 11.6 Å². The van der Waals surface area contributed by atoms with E-state index in [0.29, 0.717) is 24.7 Å². The normalized spacial score (nSPS) is 15.5. The van der Waals surface area contributed by atoms with Crippen molar-refractivity contribution in [2.75, 3.05) is 34.2 Å². The molecule has 1 saturated heterocycles. The summed E-state index contributed by atoms with van der Waals surface area (Å²) in [5.41, 5.74) is 3.04. The van der Waals surface area contributed by atoms with Crippen LogP contribution in [0.2, 0.25) is 5.02 Å². The number of benzene rings is 2. The van der Waals surface area contributed by atoms with Crippen molar-refractivity contribution in [1.82, 2.24) is 20.4 Å². The fourth-order valence-corrected chi connectivity index (χ4v) is 3.98. The molecule has 5 nitrogen and oxygen atoms in total. The summed E-state index contributed by atoms with van der Waals surface area (Å²) < 4.78 is 14.0. The predicted molar refractivity (Wildman–Crippen MR) is 142 cm³/mol. The molecule has 0 saturated carbocycles. The summed E-state index contributed by atoms with van der Waals surface area (Å²) in [4.78, 5) is 8.81. The molecule has 8 heteroatoms. The number of nitrogens with zero attached hydrogens (tertiary/aromatic N) is 3. The largest absolute Gasteiger partial charge is 0.354 e. The summed E-state index contributed by atoms with van der Waals surface area (Å²) in [6.07, 6.45) is 2.13. The number of piperidine rings is 1. The van der Waals surface area contributed by atoms with Gasteiger partial charge in [-0.1, -0.05) is 29.8 Å². The first-order chi connectivity index (χ1) is 14.9. The molecule has 0 bridgehead atoms. The number of halogens is 3. The highest BCUT2D eigenvalue weighted by molar-refractivity contribution is 14.0. The number of aliphatic imine (C=N–C) groups is 1. The SMILES string of the molecule is CN=C(NCc1ccc(F)c(CN(C)C)c1)NC1CCN(Cc2ccc(Cl)cc2)CC1.I. The van der Waals surface area contributed by atoms with Crippen LogP contribution in [0, 0.1) is 5.82 Å². The number of guanidine groups is 1. The number of likely N-dealkylation sites (tertiary alicyclic amines) is 1. The first kappa shape index (κ1) is 26.8. The zero-order chi connectivity index (χ0) is 22.2. The third-order valence-electron chi connectivity index (χ3n) is 5.53. The van der Waals surface area contributed by atoms with Crippen LogP contribution in [0.25, 0.3) is 0 Å². The van der Waals surface area contributed by atoms with Gasteiger partial charge in [-0.2, -0.15) is 0 Å². The molecule has 32 heavy (non-hydrogen) atoms. The molecule has 1 heterocycles. The van der Waals surface area contributed by atoms with E-state index in [-0.39, 0.29) is 29.8 Å². The topological polar surface area (TPSA) is 42.9 Å². The van der Waals surface area contributed by atoms with Crippen LogP contribution in [0.15, 0.2) is 47.5 Å².